The second-order valence-corrected chi connectivity index (χ2v) is 7.28. The third-order valence-electron chi connectivity index (χ3n) is 4.64. The number of aromatic nitrogens is 4. The van der Waals surface area contributed by atoms with Crippen LogP contribution in [-0.2, 0) is 13.1 Å². The van der Waals surface area contributed by atoms with Gasteiger partial charge in [-0.05, 0) is 25.0 Å². The van der Waals surface area contributed by atoms with Gasteiger partial charge in [0.2, 0.25) is 0 Å². The second kappa shape index (κ2) is 7.40. The summed E-state index contributed by atoms with van der Waals surface area (Å²) in [6, 6.07) is 8.17. The van der Waals surface area contributed by atoms with E-state index < -0.39 is 0 Å². The fourth-order valence-electron chi connectivity index (χ4n) is 3.30. The third kappa shape index (κ3) is 3.03. The Labute approximate surface area is 166 Å². The molecule has 0 aromatic heterocycles. The molecule has 8 heteroatoms. The Kier molecular flexibility index (Phi) is 5.39. The van der Waals surface area contributed by atoms with E-state index in [1.807, 2.05) is 28.8 Å². The SMILES string of the molecule is CCCn1c2nc(-c3ccc(Br)cc3)nc-2c2n(c1=O)CC(CC)N2.Cl. The number of rotatable bonds is 4. The molecule has 1 aromatic carbocycles. The van der Waals surface area contributed by atoms with Crippen LogP contribution in [0.15, 0.2) is 33.5 Å². The van der Waals surface area contributed by atoms with Crippen LogP contribution in [0.1, 0.15) is 26.7 Å². The molecule has 0 bridgehead atoms. The summed E-state index contributed by atoms with van der Waals surface area (Å²) in [5.41, 5.74) is 1.72. The van der Waals surface area contributed by atoms with Gasteiger partial charge in [0.25, 0.3) is 0 Å². The van der Waals surface area contributed by atoms with E-state index >= 15 is 0 Å². The molecule has 3 aliphatic heterocycles. The number of hydrogen-bond donors (Lipinski definition) is 1. The van der Waals surface area contributed by atoms with Crippen LogP contribution in [0.5, 0.6) is 0 Å². The Morgan fingerprint density at radius 1 is 1.23 bits per heavy atom. The second-order valence-electron chi connectivity index (χ2n) is 6.37. The lowest BCUT2D eigenvalue weighted by atomic mass is 10.2. The molecule has 1 aromatic rings. The van der Waals surface area contributed by atoms with Crippen LogP contribution in [0.25, 0.3) is 22.9 Å². The fourth-order valence-corrected chi connectivity index (χ4v) is 3.56. The Balaban J connectivity index is 0.00000196. The number of nitrogens with one attached hydrogen (secondary N) is 1. The first-order valence-electron chi connectivity index (χ1n) is 8.66. The summed E-state index contributed by atoms with van der Waals surface area (Å²) in [7, 11) is 0. The summed E-state index contributed by atoms with van der Waals surface area (Å²) in [5.74, 6) is 2.12. The molecule has 3 heterocycles. The van der Waals surface area contributed by atoms with E-state index in [2.05, 4.69) is 35.1 Å². The highest BCUT2D eigenvalue weighted by Crippen LogP contribution is 2.33. The average molecular weight is 439 g/mol. The van der Waals surface area contributed by atoms with Crippen LogP contribution < -0.4 is 11.0 Å². The van der Waals surface area contributed by atoms with Crippen molar-refractivity contribution < 1.29 is 0 Å². The third-order valence-corrected chi connectivity index (χ3v) is 5.17. The monoisotopic (exact) mass is 437 g/mol. The van der Waals surface area contributed by atoms with Gasteiger partial charge in [-0.15, -0.1) is 12.4 Å². The topological polar surface area (TPSA) is 64.7 Å². The molecule has 0 amide bonds. The lowest BCUT2D eigenvalue weighted by Gasteiger charge is -2.13. The van der Waals surface area contributed by atoms with Crippen LogP contribution in [0, 0.1) is 0 Å². The standard InChI is InChI=1S/C18H20BrN5O.ClH/c1-3-9-23-17-14(16-20-13(4-2)10-24(16)18(23)25)21-15(22-17)11-5-7-12(19)8-6-11;/h5-8,13,20H,3-4,9-10H2,1-2H3;1H. The summed E-state index contributed by atoms with van der Waals surface area (Å²) in [4.78, 5) is 22.4. The van der Waals surface area contributed by atoms with Gasteiger partial charge in [0.1, 0.15) is 11.5 Å². The van der Waals surface area contributed by atoms with Crippen molar-refractivity contribution in [3.8, 4) is 22.9 Å². The van der Waals surface area contributed by atoms with E-state index in [1.54, 1.807) is 4.57 Å². The van der Waals surface area contributed by atoms with Crippen LogP contribution in [-0.4, -0.2) is 25.1 Å². The van der Waals surface area contributed by atoms with Crippen molar-refractivity contribution in [2.24, 2.45) is 0 Å². The normalized spacial score (nSPS) is 15.6. The lowest BCUT2D eigenvalue weighted by molar-refractivity contribution is 0.556. The Morgan fingerprint density at radius 3 is 2.62 bits per heavy atom. The molecule has 4 rings (SSSR count). The predicted octanol–water partition coefficient (Wildman–Crippen LogP) is 4.01. The smallest absolute Gasteiger partial charge is 0.331 e. The number of nitrogens with zero attached hydrogens (tertiary/aromatic N) is 4. The van der Waals surface area contributed by atoms with Gasteiger partial charge < -0.3 is 5.32 Å². The van der Waals surface area contributed by atoms with Crippen LogP contribution in [0.4, 0.5) is 5.82 Å². The zero-order chi connectivity index (χ0) is 17.6. The maximum Gasteiger partial charge on any atom is 0.331 e. The van der Waals surface area contributed by atoms with Gasteiger partial charge in [-0.25, -0.2) is 14.8 Å². The maximum absolute atomic E-state index is 12.9. The molecule has 1 atom stereocenters. The van der Waals surface area contributed by atoms with E-state index in [4.69, 9.17) is 9.97 Å². The summed E-state index contributed by atoms with van der Waals surface area (Å²) in [6.07, 6.45) is 1.84. The summed E-state index contributed by atoms with van der Waals surface area (Å²) in [6.45, 7) is 5.51. The van der Waals surface area contributed by atoms with Gasteiger partial charge in [0.05, 0.1) is 0 Å². The van der Waals surface area contributed by atoms with E-state index in [9.17, 15) is 4.79 Å². The van der Waals surface area contributed by atoms with Gasteiger partial charge in [0.15, 0.2) is 11.6 Å². The Bertz CT molecular complexity index is 950. The highest BCUT2D eigenvalue weighted by atomic mass is 79.9. The van der Waals surface area contributed by atoms with Crippen molar-refractivity contribution in [3.63, 3.8) is 0 Å². The zero-order valence-corrected chi connectivity index (χ0v) is 17.1. The molecular weight excluding hydrogens is 418 g/mol. The molecule has 138 valence electrons. The van der Waals surface area contributed by atoms with Crippen LogP contribution in [0.2, 0.25) is 0 Å². The predicted molar refractivity (Wildman–Crippen MR) is 109 cm³/mol. The molecule has 1 N–H and O–H groups in total. The van der Waals surface area contributed by atoms with E-state index in [-0.39, 0.29) is 24.1 Å². The molecule has 0 aliphatic carbocycles. The fraction of sp³-hybridized carbons (Fsp3) is 0.389. The minimum Gasteiger partial charge on any atom is -0.365 e. The van der Waals surface area contributed by atoms with Gasteiger partial charge in [-0.2, -0.15) is 0 Å². The summed E-state index contributed by atoms with van der Waals surface area (Å²) < 4.78 is 4.58. The van der Waals surface area contributed by atoms with Crippen molar-refractivity contribution in [3.05, 3.63) is 39.2 Å². The lowest BCUT2D eigenvalue weighted by Crippen LogP contribution is -2.32. The van der Waals surface area contributed by atoms with Crippen molar-refractivity contribution >= 4 is 34.2 Å². The number of benzene rings is 1. The quantitative estimate of drug-likeness (QED) is 0.668. The van der Waals surface area contributed by atoms with Gasteiger partial charge in [0, 0.05) is 29.2 Å². The molecule has 26 heavy (non-hydrogen) atoms. The zero-order valence-electron chi connectivity index (χ0n) is 14.7. The van der Waals surface area contributed by atoms with E-state index in [1.165, 1.54) is 0 Å². The molecular formula is C18H21BrClN5O. The number of halogens is 2. The minimum atomic E-state index is -0.00458. The van der Waals surface area contributed by atoms with Crippen molar-refractivity contribution in [1.29, 1.82) is 0 Å². The van der Waals surface area contributed by atoms with Gasteiger partial charge >= 0.3 is 5.69 Å². The largest absolute Gasteiger partial charge is 0.365 e. The Morgan fingerprint density at radius 2 is 1.96 bits per heavy atom. The molecule has 1 unspecified atom stereocenters. The highest BCUT2D eigenvalue weighted by molar-refractivity contribution is 9.10. The average Bonchev–Trinajstić information content (AvgIpc) is 3.23. The van der Waals surface area contributed by atoms with Crippen LogP contribution >= 0.6 is 28.3 Å². The molecule has 0 fully saturated rings. The number of fused-ring (bicyclic) bond motifs is 3. The molecule has 3 aliphatic rings. The molecule has 0 saturated heterocycles. The summed E-state index contributed by atoms with van der Waals surface area (Å²) >= 11 is 3.45. The Hall–Kier alpha value is -1.86. The number of imidazole rings is 1. The number of anilines is 1. The molecule has 0 saturated carbocycles. The van der Waals surface area contributed by atoms with Gasteiger partial charge in [-0.1, -0.05) is 41.9 Å². The van der Waals surface area contributed by atoms with Crippen molar-refractivity contribution in [1.82, 2.24) is 19.1 Å². The van der Waals surface area contributed by atoms with Crippen molar-refractivity contribution in [2.75, 3.05) is 5.32 Å². The van der Waals surface area contributed by atoms with Gasteiger partial charge in [-0.3, -0.25) is 9.13 Å². The number of hydrogen-bond acceptors (Lipinski definition) is 4. The molecule has 0 radical (unpaired) electrons. The summed E-state index contributed by atoms with van der Waals surface area (Å²) in [5, 5.41) is 3.45. The first kappa shape index (κ1) is 18.9. The maximum atomic E-state index is 12.9. The first-order valence-corrected chi connectivity index (χ1v) is 9.45. The minimum absolute atomic E-state index is 0. The van der Waals surface area contributed by atoms with Crippen LogP contribution in [0.3, 0.4) is 0 Å². The molecule has 0 spiro atoms. The van der Waals surface area contributed by atoms with Crippen molar-refractivity contribution in [2.45, 2.75) is 45.8 Å². The first-order chi connectivity index (χ1) is 12.1. The van der Waals surface area contributed by atoms with E-state index in [0.29, 0.717) is 24.7 Å². The highest BCUT2D eigenvalue weighted by Gasteiger charge is 2.30. The molecule has 6 nitrogen and oxygen atoms in total. The van der Waals surface area contributed by atoms with E-state index in [0.717, 1.165) is 34.4 Å².